The minimum absolute atomic E-state index is 0.297. The number of aliphatic hydroxyl groups excluding tert-OH is 1. The van der Waals surface area contributed by atoms with Crippen molar-refractivity contribution in [3.63, 3.8) is 0 Å². The van der Waals surface area contributed by atoms with Crippen LogP contribution in [0.3, 0.4) is 0 Å². The van der Waals surface area contributed by atoms with Gasteiger partial charge in [0.25, 0.3) is 5.91 Å². The van der Waals surface area contributed by atoms with Gasteiger partial charge in [0.1, 0.15) is 5.76 Å². The fraction of sp³-hybridized carbons (Fsp3) is 0.333. The molecule has 118 valence electrons. The van der Waals surface area contributed by atoms with Gasteiger partial charge in [0.15, 0.2) is 6.10 Å². The maximum atomic E-state index is 12.4. The summed E-state index contributed by atoms with van der Waals surface area (Å²) in [5.41, 5.74) is 1.90. The molecule has 2 aromatic rings. The topological polar surface area (TPSA) is 66.6 Å². The molecule has 0 saturated heterocycles. The molecule has 0 radical (unpaired) electrons. The fourth-order valence-electron chi connectivity index (χ4n) is 2.13. The number of carbonyl (C=O) groups excluding carboxylic acids is 1. The van der Waals surface area contributed by atoms with E-state index in [1.54, 1.807) is 20.9 Å². The lowest BCUT2D eigenvalue weighted by molar-refractivity contribution is -0.139. The van der Waals surface area contributed by atoms with E-state index in [9.17, 15) is 9.90 Å². The van der Waals surface area contributed by atoms with Crippen LogP contribution in [0.5, 0.6) is 0 Å². The van der Waals surface area contributed by atoms with E-state index in [1.807, 2.05) is 0 Å². The first-order chi connectivity index (χ1) is 10.3. The monoisotopic (exact) mass is 342 g/mol. The van der Waals surface area contributed by atoms with Crippen LogP contribution in [-0.2, 0) is 11.3 Å². The summed E-state index contributed by atoms with van der Waals surface area (Å²) in [5.74, 6) is 0.191. The van der Waals surface area contributed by atoms with Crippen LogP contribution < -0.4 is 0 Å². The fourth-order valence-corrected chi connectivity index (χ4v) is 2.67. The molecule has 1 aromatic heterocycles. The summed E-state index contributed by atoms with van der Waals surface area (Å²) in [5, 5.41) is 14.8. The SMILES string of the molecule is Cc1noc(C)c1CN(C)C(=O)C(O)c1cc(Cl)cc(Cl)c1. The van der Waals surface area contributed by atoms with Crippen LogP contribution in [0.2, 0.25) is 10.0 Å². The number of nitrogens with zero attached hydrogens (tertiary/aromatic N) is 2. The van der Waals surface area contributed by atoms with Gasteiger partial charge in [0.05, 0.1) is 12.2 Å². The largest absolute Gasteiger partial charge is 0.378 e. The van der Waals surface area contributed by atoms with Crippen molar-refractivity contribution < 1.29 is 14.4 Å². The lowest BCUT2D eigenvalue weighted by atomic mass is 10.1. The number of aliphatic hydroxyl groups is 1. The molecule has 22 heavy (non-hydrogen) atoms. The van der Waals surface area contributed by atoms with Gasteiger partial charge >= 0.3 is 0 Å². The first-order valence-corrected chi connectivity index (χ1v) is 7.36. The highest BCUT2D eigenvalue weighted by atomic mass is 35.5. The third-order valence-corrected chi connectivity index (χ3v) is 3.82. The zero-order valence-corrected chi connectivity index (χ0v) is 13.9. The molecule has 0 aliphatic carbocycles. The Morgan fingerprint density at radius 1 is 1.32 bits per heavy atom. The molecular weight excluding hydrogens is 327 g/mol. The van der Waals surface area contributed by atoms with Gasteiger partial charge in [-0.25, -0.2) is 0 Å². The Labute approximate surface area is 138 Å². The number of aromatic nitrogens is 1. The van der Waals surface area contributed by atoms with Crippen molar-refractivity contribution in [3.8, 4) is 0 Å². The molecule has 0 spiro atoms. The molecule has 2 rings (SSSR count). The molecule has 1 amide bonds. The highest BCUT2D eigenvalue weighted by Crippen LogP contribution is 2.25. The van der Waals surface area contributed by atoms with Gasteiger partial charge in [-0.1, -0.05) is 28.4 Å². The maximum absolute atomic E-state index is 12.4. The summed E-state index contributed by atoms with van der Waals surface area (Å²) in [7, 11) is 1.60. The van der Waals surface area contributed by atoms with Crippen molar-refractivity contribution in [1.29, 1.82) is 0 Å². The van der Waals surface area contributed by atoms with Crippen molar-refractivity contribution in [2.24, 2.45) is 0 Å². The highest BCUT2D eigenvalue weighted by Gasteiger charge is 2.23. The van der Waals surface area contributed by atoms with Crippen LogP contribution in [0.15, 0.2) is 22.7 Å². The number of likely N-dealkylation sites (N-methyl/N-ethyl adjacent to an activating group) is 1. The molecule has 1 heterocycles. The van der Waals surface area contributed by atoms with E-state index >= 15 is 0 Å². The third kappa shape index (κ3) is 3.61. The number of hydrogen-bond acceptors (Lipinski definition) is 4. The van der Waals surface area contributed by atoms with Crippen LogP contribution in [-0.4, -0.2) is 28.1 Å². The van der Waals surface area contributed by atoms with E-state index in [0.29, 0.717) is 27.9 Å². The first kappa shape index (κ1) is 16.8. The molecule has 1 N–H and O–H groups in total. The summed E-state index contributed by atoms with van der Waals surface area (Å²) in [4.78, 5) is 13.8. The molecule has 0 bridgehead atoms. The van der Waals surface area contributed by atoms with Gasteiger partial charge in [0, 0.05) is 22.7 Å². The molecule has 0 fully saturated rings. The van der Waals surface area contributed by atoms with Crippen LogP contribution in [0.25, 0.3) is 0 Å². The molecule has 0 aliphatic rings. The lowest BCUT2D eigenvalue weighted by Gasteiger charge is -2.21. The lowest BCUT2D eigenvalue weighted by Crippen LogP contribution is -2.31. The van der Waals surface area contributed by atoms with Gasteiger partial charge in [-0.3, -0.25) is 4.79 Å². The van der Waals surface area contributed by atoms with E-state index in [0.717, 1.165) is 11.3 Å². The summed E-state index contributed by atoms with van der Waals surface area (Å²) >= 11 is 11.8. The van der Waals surface area contributed by atoms with Crippen LogP contribution in [0, 0.1) is 13.8 Å². The average Bonchev–Trinajstić information content (AvgIpc) is 2.76. The molecule has 5 nitrogen and oxygen atoms in total. The smallest absolute Gasteiger partial charge is 0.256 e. The number of amides is 1. The van der Waals surface area contributed by atoms with E-state index < -0.39 is 12.0 Å². The number of hydrogen-bond donors (Lipinski definition) is 1. The van der Waals surface area contributed by atoms with Crippen LogP contribution >= 0.6 is 23.2 Å². The molecule has 0 aliphatic heterocycles. The highest BCUT2D eigenvalue weighted by molar-refractivity contribution is 6.34. The zero-order valence-electron chi connectivity index (χ0n) is 12.4. The predicted molar refractivity (Wildman–Crippen MR) is 83.9 cm³/mol. The minimum Gasteiger partial charge on any atom is -0.378 e. The summed E-state index contributed by atoms with van der Waals surface area (Å²) < 4.78 is 5.07. The van der Waals surface area contributed by atoms with Gasteiger partial charge in [-0.2, -0.15) is 0 Å². The molecule has 1 atom stereocenters. The Morgan fingerprint density at radius 2 is 1.91 bits per heavy atom. The Balaban J connectivity index is 2.16. The molecule has 1 unspecified atom stereocenters. The molecule has 0 saturated carbocycles. The average molecular weight is 343 g/mol. The van der Waals surface area contributed by atoms with Crippen LogP contribution in [0.1, 0.15) is 28.7 Å². The van der Waals surface area contributed by atoms with Crippen molar-refractivity contribution in [2.45, 2.75) is 26.5 Å². The van der Waals surface area contributed by atoms with E-state index in [1.165, 1.54) is 23.1 Å². The van der Waals surface area contributed by atoms with Gasteiger partial charge in [-0.05, 0) is 37.6 Å². The number of rotatable bonds is 4. The standard InChI is InChI=1S/C15H16Cl2N2O3/c1-8-13(9(2)22-18-8)7-19(3)15(21)14(20)10-4-11(16)6-12(17)5-10/h4-6,14,20H,7H2,1-3H3. The second-order valence-corrected chi connectivity index (χ2v) is 5.98. The Morgan fingerprint density at radius 3 is 2.41 bits per heavy atom. The minimum atomic E-state index is -1.33. The zero-order chi connectivity index (χ0) is 16.4. The van der Waals surface area contributed by atoms with E-state index in [4.69, 9.17) is 27.7 Å². The maximum Gasteiger partial charge on any atom is 0.256 e. The van der Waals surface area contributed by atoms with Gasteiger partial charge in [-0.15, -0.1) is 0 Å². The first-order valence-electron chi connectivity index (χ1n) is 6.60. The molecule has 7 heteroatoms. The second-order valence-electron chi connectivity index (χ2n) is 5.10. The second kappa shape index (κ2) is 6.69. The Kier molecular flexibility index (Phi) is 5.11. The van der Waals surface area contributed by atoms with Crippen molar-refractivity contribution in [2.75, 3.05) is 7.05 Å². The number of carbonyl (C=O) groups is 1. The summed E-state index contributed by atoms with van der Waals surface area (Å²) in [6.45, 7) is 3.88. The van der Waals surface area contributed by atoms with Gasteiger partial charge < -0.3 is 14.5 Å². The normalized spacial score (nSPS) is 12.3. The quantitative estimate of drug-likeness (QED) is 0.925. The van der Waals surface area contributed by atoms with Crippen molar-refractivity contribution >= 4 is 29.1 Å². The summed E-state index contributed by atoms with van der Waals surface area (Å²) in [6.07, 6.45) is -1.33. The molecular formula is C15H16Cl2N2O3. The molecule has 1 aromatic carbocycles. The number of halogens is 2. The number of benzene rings is 1. The van der Waals surface area contributed by atoms with Crippen molar-refractivity contribution in [1.82, 2.24) is 10.1 Å². The number of aryl methyl sites for hydroxylation is 2. The summed E-state index contributed by atoms with van der Waals surface area (Å²) in [6, 6.07) is 4.57. The predicted octanol–water partition coefficient (Wildman–Crippen LogP) is 3.29. The Hall–Kier alpha value is -1.56. The van der Waals surface area contributed by atoms with Crippen molar-refractivity contribution in [3.05, 3.63) is 50.8 Å². The van der Waals surface area contributed by atoms with Crippen LogP contribution in [0.4, 0.5) is 0 Å². The van der Waals surface area contributed by atoms with E-state index in [2.05, 4.69) is 5.16 Å². The van der Waals surface area contributed by atoms with Gasteiger partial charge in [0.2, 0.25) is 0 Å². The van der Waals surface area contributed by atoms with E-state index in [-0.39, 0.29) is 0 Å². The third-order valence-electron chi connectivity index (χ3n) is 3.39. The Bertz CT molecular complexity index is 660.